The van der Waals surface area contributed by atoms with E-state index >= 15 is 0 Å². The van der Waals surface area contributed by atoms with Gasteiger partial charge in [-0.05, 0) is 49.7 Å². The van der Waals surface area contributed by atoms with E-state index in [-0.39, 0.29) is 5.91 Å². The zero-order valence-electron chi connectivity index (χ0n) is 14.6. The summed E-state index contributed by atoms with van der Waals surface area (Å²) in [6.45, 7) is 4.50. The van der Waals surface area contributed by atoms with E-state index in [0.29, 0.717) is 23.1 Å². The Morgan fingerprint density at radius 2 is 1.85 bits per heavy atom. The quantitative estimate of drug-likeness (QED) is 0.701. The molecule has 0 aliphatic carbocycles. The lowest BCUT2D eigenvalue weighted by atomic mass is 10.2. The van der Waals surface area contributed by atoms with Gasteiger partial charge in [-0.3, -0.25) is 4.79 Å². The predicted octanol–water partition coefficient (Wildman–Crippen LogP) is 4.85. The molecule has 6 heteroatoms. The zero-order valence-corrected chi connectivity index (χ0v) is 15.4. The number of anilines is 3. The van der Waals surface area contributed by atoms with Crippen molar-refractivity contribution in [2.75, 3.05) is 16.8 Å². The third-order valence-corrected chi connectivity index (χ3v) is 4.09. The number of rotatable bonds is 5. The molecule has 0 radical (unpaired) electrons. The van der Waals surface area contributed by atoms with Gasteiger partial charge in [-0.25, -0.2) is 9.97 Å². The van der Waals surface area contributed by atoms with Crippen LogP contribution in [0.25, 0.3) is 0 Å². The lowest BCUT2D eigenvalue weighted by Crippen LogP contribution is -2.30. The van der Waals surface area contributed by atoms with Crippen LogP contribution in [0.5, 0.6) is 0 Å². The highest BCUT2D eigenvalue weighted by atomic mass is 35.5. The maximum atomic E-state index is 12.8. The van der Waals surface area contributed by atoms with Gasteiger partial charge < -0.3 is 10.2 Å². The Labute approximate surface area is 157 Å². The molecule has 0 saturated heterocycles. The molecule has 5 nitrogen and oxygen atoms in total. The summed E-state index contributed by atoms with van der Waals surface area (Å²) in [5.41, 5.74) is 3.18. The minimum absolute atomic E-state index is 0.132. The van der Waals surface area contributed by atoms with Gasteiger partial charge in [0.2, 0.25) is 5.95 Å². The van der Waals surface area contributed by atoms with Gasteiger partial charge in [-0.1, -0.05) is 29.8 Å². The molecule has 1 amide bonds. The number of benzene rings is 2. The van der Waals surface area contributed by atoms with Crippen LogP contribution in [-0.4, -0.2) is 22.4 Å². The summed E-state index contributed by atoms with van der Waals surface area (Å²) >= 11 is 5.97. The van der Waals surface area contributed by atoms with Crippen molar-refractivity contribution in [2.24, 2.45) is 0 Å². The monoisotopic (exact) mass is 366 g/mol. The van der Waals surface area contributed by atoms with Crippen molar-refractivity contribution in [3.05, 3.63) is 77.1 Å². The molecule has 1 heterocycles. The van der Waals surface area contributed by atoms with E-state index in [1.54, 1.807) is 17.0 Å². The highest BCUT2D eigenvalue weighted by Gasteiger charge is 2.17. The molecule has 3 aromatic rings. The summed E-state index contributed by atoms with van der Waals surface area (Å²) in [6, 6.07) is 15.1. The fourth-order valence-corrected chi connectivity index (χ4v) is 2.78. The highest BCUT2D eigenvalue weighted by molar-refractivity contribution is 6.30. The smallest absolute Gasteiger partial charge is 0.261 e. The molecule has 3 rings (SSSR count). The van der Waals surface area contributed by atoms with Crippen LogP contribution in [0.15, 0.2) is 60.9 Å². The second kappa shape index (κ2) is 7.97. The van der Waals surface area contributed by atoms with Gasteiger partial charge in [-0.15, -0.1) is 0 Å². The van der Waals surface area contributed by atoms with Crippen molar-refractivity contribution in [3.8, 4) is 0 Å². The predicted molar refractivity (Wildman–Crippen MR) is 105 cm³/mol. The third-order valence-electron chi connectivity index (χ3n) is 3.85. The van der Waals surface area contributed by atoms with Crippen LogP contribution < -0.4 is 10.2 Å². The zero-order chi connectivity index (χ0) is 18.5. The number of nitrogens with zero attached hydrogens (tertiary/aromatic N) is 3. The van der Waals surface area contributed by atoms with Crippen LogP contribution in [0, 0.1) is 6.92 Å². The van der Waals surface area contributed by atoms with Crippen LogP contribution in [0.3, 0.4) is 0 Å². The molecule has 26 heavy (non-hydrogen) atoms. The maximum absolute atomic E-state index is 12.8. The first kappa shape index (κ1) is 17.9. The first-order valence-electron chi connectivity index (χ1n) is 8.30. The van der Waals surface area contributed by atoms with E-state index in [0.717, 1.165) is 16.9 Å². The number of nitrogens with one attached hydrogen (secondary N) is 1. The molecular formula is C20H19ClN4O. The molecule has 0 aliphatic rings. The van der Waals surface area contributed by atoms with Crippen molar-refractivity contribution in [2.45, 2.75) is 13.8 Å². The molecule has 0 spiro atoms. The van der Waals surface area contributed by atoms with Gasteiger partial charge in [0.1, 0.15) is 0 Å². The van der Waals surface area contributed by atoms with E-state index in [4.69, 9.17) is 11.6 Å². The first-order valence-corrected chi connectivity index (χ1v) is 8.68. The second-order valence-electron chi connectivity index (χ2n) is 5.82. The molecule has 0 saturated carbocycles. The van der Waals surface area contributed by atoms with Gasteiger partial charge in [0.15, 0.2) is 0 Å². The standard InChI is InChI=1S/C20H19ClN4O/c1-3-25(18-9-4-6-14(2)10-18)19(26)15-12-22-20(23-13-15)24-17-8-5-7-16(21)11-17/h4-13H,3H2,1-2H3,(H,22,23,24). The minimum atomic E-state index is -0.132. The van der Waals surface area contributed by atoms with Gasteiger partial charge in [-0.2, -0.15) is 0 Å². The van der Waals surface area contributed by atoms with Crippen molar-refractivity contribution in [3.63, 3.8) is 0 Å². The summed E-state index contributed by atoms with van der Waals surface area (Å²) in [5, 5.41) is 3.69. The summed E-state index contributed by atoms with van der Waals surface area (Å²) in [5.74, 6) is 0.273. The number of halogens is 1. The molecule has 0 aliphatic heterocycles. The largest absolute Gasteiger partial charge is 0.324 e. The van der Waals surface area contributed by atoms with Crippen LogP contribution in [-0.2, 0) is 0 Å². The highest BCUT2D eigenvalue weighted by Crippen LogP contribution is 2.20. The minimum Gasteiger partial charge on any atom is -0.324 e. The molecule has 0 atom stereocenters. The fraction of sp³-hybridized carbons (Fsp3) is 0.150. The topological polar surface area (TPSA) is 58.1 Å². The van der Waals surface area contributed by atoms with Crippen molar-refractivity contribution in [1.29, 1.82) is 0 Å². The average Bonchev–Trinajstić information content (AvgIpc) is 2.63. The average molecular weight is 367 g/mol. The summed E-state index contributed by atoms with van der Waals surface area (Å²) in [4.78, 5) is 23.0. The summed E-state index contributed by atoms with van der Waals surface area (Å²) < 4.78 is 0. The molecule has 1 N–H and O–H groups in total. The lowest BCUT2D eigenvalue weighted by molar-refractivity contribution is 0.0987. The third kappa shape index (κ3) is 4.18. The number of carbonyl (C=O) groups is 1. The van der Waals surface area contributed by atoms with E-state index in [2.05, 4.69) is 15.3 Å². The number of carbonyl (C=O) groups excluding carboxylic acids is 1. The summed E-state index contributed by atoms with van der Waals surface area (Å²) in [6.07, 6.45) is 3.06. The van der Waals surface area contributed by atoms with Crippen molar-refractivity contribution >= 4 is 34.8 Å². The van der Waals surface area contributed by atoms with Crippen LogP contribution in [0.4, 0.5) is 17.3 Å². The SMILES string of the molecule is CCN(C(=O)c1cnc(Nc2cccc(Cl)c2)nc1)c1cccc(C)c1. The van der Waals surface area contributed by atoms with E-state index in [1.165, 1.54) is 12.4 Å². The Bertz CT molecular complexity index is 912. The van der Waals surface area contributed by atoms with Crippen molar-refractivity contribution < 1.29 is 4.79 Å². The number of aryl methyl sites for hydroxylation is 1. The van der Waals surface area contributed by atoms with Crippen LogP contribution in [0.2, 0.25) is 5.02 Å². The van der Waals surface area contributed by atoms with E-state index in [9.17, 15) is 4.79 Å². The maximum Gasteiger partial charge on any atom is 0.261 e. The number of amides is 1. The van der Waals surface area contributed by atoms with Gasteiger partial charge in [0.25, 0.3) is 5.91 Å². The van der Waals surface area contributed by atoms with Crippen LogP contribution in [0.1, 0.15) is 22.8 Å². The summed E-state index contributed by atoms with van der Waals surface area (Å²) in [7, 11) is 0. The molecular weight excluding hydrogens is 348 g/mol. The fourth-order valence-electron chi connectivity index (χ4n) is 2.59. The lowest BCUT2D eigenvalue weighted by Gasteiger charge is -2.21. The Kier molecular flexibility index (Phi) is 5.49. The molecule has 2 aromatic carbocycles. The number of hydrogen-bond donors (Lipinski definition) is 1. The molecule has 1 aromatic heterocycles. The Hall–Kier alpha value is -2.92. The first-order chi connectivity index (χ1) is 12.6. The number of aromatic nitrogens is 2. The molecule has 0 bridgehead atoms. The second-order valence-corrected chi connectivity index (χ2v) is 6.26. The van der Waals surface area contributed by atoms with E-state index < -0.39 is 0 Å². The van der Waals surface area contributed by atoms with Crippen molar-refractivity contribution in [1.82, 2.24) is 9.97 Å². The molecule has 0 unspecified atom stereocenters. The molecule has 0 fully saturated rings. The number of hydrogen-bond acceptors (Lipinski definition) is 4. The normalized spacial score (nSPS) is 10.4. The molecule has 132 valence electrons. The van der Waals surface area contributed by atoms with Gasteiger partial charge in [0.05, 0.1) is 5.56 Å². The van der Waals surface area contributed by atoms with E-state index in [1.807, 2.05) is 50.2 Å². The van der Waals surface area contributed by atoms with Crippen LogP contribution >= 0.6 is 11.6 Å². The Morgan fingerprint density at radius 1 is 1.12 bits per heavy atom. The van der Waals surface area contributed by atoms with Gasteiger partial charge >= 0.3 is 0 Å². The Balaban J connectivity index is 1.77. The van der Waals surface area contributed by atoms with Gasteiger partial charge in [0, 0.05) is 35.3 Å². The Morgan fingerprint density at radius 3 is 2.50 bits per heavy atom.